The molecule has 3 aliphatic rings. The van der Waals surface area contributed by atoms with Gasteiger partial charge in [0.1, 0.15) is 11.3 Å². The zero-order valence-electron chi connectivity index (χ0n) is 22.8. The van der Waals surface area contributed by atoms with E-state index in [1.165, 1.54) is 0 Å². The molecule has 1 saturated heterocycles. The van der Waals surface area contributed by atoms with Crippen LogP contribution in [0.1, 0.15) is 48.5 Å². The summed E-state index contributed by atoms with van der Waals surface area (Å²) in [6, 6.07) is 17.1. The van der Waals surface area contributed by atoms with Crippen molar-refractivity contribution in [3.63, 3.8) is 0 Å². The van der Waals surface area contributed by atoms with Crippen molar-refractivity contribution in [3.8, 4) is 5.75 Å². The van der Waals surface area contributed by atoms with Crippen LogP contribution in [0.15, 0.2) is 65.9 Å². The fourth-order valence-electron chi connectivity index (χ4n) is 6.22. The summed E-state index contributed by atoms with van der Waals surface area (Å²) in [5, 5.41) is 0. The van der Waals surface area contributed by atoms with E-state index in [-0.39, 0.29) is 36.0 Å². The van der Waals surface area contributed by atoms with Crippen molar-refractivity contribution in [1.29, 1.82) is 0 Å². The Morgan fingerprint density at radius 1 is 0.923 bits per heavy atom. The molecule has 5 rings (SSSR count). The standard InChI is InChI=1S/C31H37N3O5/c1-3-39-31(37)27-28(32-17-19-33(20-18-32)29(35)23-13-15-24(38-2)16-14-23)25-11-7-8-12-26(25)34(30(27)36)21-22-9-5-4-6-10-22/h4-6,9-10,13-16,25-26H,3,7-8,11-12,17-21H2,1-2H3. The summed E-state index contributed by atoms with van der Waals surface area (Å²) in [6.07, 6.45) is 3.96. The molecular formula is C31H37N3O5. The highest BCUT2D eigenvalue weighted by Crippen LogP contribution is 2.42. The second-order valence-corrected chi connectivity index (χ2v) is 10.4. The summed E-state index contributed by atoms with van der Waals surface area (Å²) >= 11 is 0. The first-order valence-corrected chi connectivity index (χ1v) is 14.0. The van der Waals surface area contributed by atoms with Gasteiger partial charge in [-0.3, -0.25) is 9.59 Å². The van der Waals surface area contributed by atoms with Gasteiger partial charge in [0.2, 0.25) is 0 Å². The molecule has 2 atom stereocenters. The van der Waals surface area contributed by atoms with Gasteiger partial charge in [0, 0.05) is 55.9 Å². The van der Waals surface area contributed by atoms with Gasteiger partial charge in [-0.1, -0.05) is 43.2 Å². The van der Waals surface area contributed by atoms with E-state index in [2.05, 4.69) is 4.90 Å². The molecule has 39 heavy (non-hydrogen) atoms. The van der Waals surface area contributed by atoms with E-state index in [4.69, 9.17) is 9.47 Å². The lowest BCUT2D eigenvalue weighted by Gasteiger charge is -2.49. The third-order valence-electron chi connectivity index (χ3n) is 8.13. The van der Waals surface area contributed by atoms with Crippen molar-refractivity contribution in [2.24, 2.45) is 5.92 Å². The molecule has 0 bridgehead atoms. The molecule has 2 fully saturated rings. The number of benzene rings is 2. The minimum Gasteiger partial charge on any atom is -0.497 e. The fraction of sp³-hybridized carbons (Fsp3) is 0.452. The number of amides is 2. The number of carbonyl (C=O) groups excluding carboxylic acids is 3. The zero-order chi connectivity index (χ0) is 27.4. The molecule has 2 unspecified atom stereocenters. The maximum Gasteiger partial charge on any atom is 0.345 e. The van der Waals surface area contributed by atoms with Gasteiger partial charge in [-0.2, -0.15) is 0 Å². The first kappa shape index (κ1) is 26.8. The van der Waals surface area contributed by atoms with Gasteiger partial charge in [0.15, 0.2) is 0 Å². The first-order valence-electron chi connectivity index (χ1n) is 14.0. The summed E-state index contributed by atoms with van der Waals surface area (Å²) in [6.45, 7) is 4.61. The van der Waals surface area contributed by atoms with Crippen LogP contribution in [0.3, 0.4) is 0 Å². The monoisotopic (exact) mass is 531 g/mol. The van der Waals surface area contributed by atoms with Gasteiger partial charge in [-0.05, 0) is 49.6 Å². The Labute approximate surface area is 230 Å². The van der Waals surface area contributed by atoms with E-state index in [0.717, 1.165) is 36.9 Å². The highest BCUT2D eigenvalue weighted by atomic mass is 16.5. The average molecular weight is 532 g/mol. The highest BCUT2D eigenvalue weighted by Gasteiger charge is 2.47. The molecule has 0 radical (unpaired) electrons. The molecule has 8 nitrogen and oxygen atoms in total. The number of hydrogen-bond donors (Lipinski definition) is 0. The van der Waals surface area contributed by atoms with Crippen LogP contribution in [-0.4, -0.2) is 78.4 Å². The van der Waals surface area contributed by atoms with E-state index < -0.39 is 5.97 Å². The van der Waals surface area contributed by atoms with Gasteiger partial charge >= 0.3 is 5.97 Å². The molecule has 206 valence electrons. The van der Waals surface area contributed by atoms with Gasteiger partial charge in [0.05, 0.1) is 13.7 Å². The Morgan fingerprint density at radius 2 is 1.62 bits per heavy atom. The third kappa shape index (κ3) is 5.51. The SMILES string of the molecule is CCOC(=O)C1=C(N2CCN(C(=O)c3ccc(OC)cc3)CC2)C2CCCCC2N(Cc2ccccc2)C1=O. The molecule has 1 saturated carbocycles. The highest BCUT2D eigenvalue weighted by molar-refractivity contribution is 6.17. The molecule has 8 heteroatoms. The van der Waals surface area contributed by atoms with Gasteiger partial charge in [0.25, 0.3) is 11.8 Å². The molecule has 0 spiro atoms. The second kappa shape index (κ2) is 11.9. The van der Waals surface area contributed by atoms with Crippen molar-refractivity contribution in [1.82, 2.24) is 14.7 Å². The quantitative estimate of drug-likeness (QED) is 0.399. The number of hydrogen-bond acceptors (Lipinski definition) is 6. The van der Waals surface area contributed by atoms with E-state index in [1.54, 1.807) is 38.3 Å². The lowest BCUT2D eigenvalue weighted by atomic mass is 9.76. The van der Waals surface area contributed by atoms with Crippen LogP contribution in [0.2, 0.25) is 0 Å². The largest absolute Gasteiger partial charge is 0.497 e. The minimum atomic E-state index is -0.545. The maximum absolute atomic E-state index is 14.0. The molecule has 1 aliphatic carbocycles. The molecule has 2 aromatic rings. The van der Waals surface area contributed by atoms with E-state index in [0.29, 0.717) is 44.0 Å². The molecule has 2 heterocycles. The Hall–Kier alpha value is -3.81. The fourth-order valence-corrected chi connectivity index (χ4v) is 6.22. The van der Waals surface area contributed by atoms with Crippen LogP contribution < -0.4 is 4.74 Å². The van der Waals surface area contributed by atoms with E-state index in [1.807, 2.05) is 40.1 Å². The number of nitrogens with zero attached hydrogens (tertiary/aromatic N) is 3. The number of methoxy groups -OCH3 is 1. The van der Waals surface area contributed by atoms with Gasteiger partial charge in [-0.25, -0.2) is 4.79 Å². The van der Waals surface area contributed by atoms with Crippen molar-refractivity contribution >= 4 is 17.8 Å². The van der Waals surface area contributed by atoms with Crippen LogP contribution >= 0.6 is 0 Å². The van der Waals surface area contributed by atoms with E-state index in [9.17, 15) is 14.4 Å². The van der Waals surface area contributed by atoms with Gasteiger partial charge < -0.3 is 24.2 Å². The van der Waals surface area contributed by atoms with Crippen molar-refractivity contribution in [2.75, 3.05) is 39.9 Å². The smallest absolute Gasteiger partial charge is 0.345 e. The van der Waals surface area contributed by atoms with Crippen molar-refractivity contribution in [2.45, 2.75) is 45.2 Å². The van der Waals surface area contributed by atoms with Gasteiger partial charge in [-0.15, -0.1) is 0 Å². The predicted molar refractivity (Wildman–Crippen MR) is 147 cm³/mol. The van der Waals surface area contributed by atoms with Crippen molar-refractivity contribution < 1.29 is 23.9 Å². The molecule has 2 aliphatic heterocycles. The Morgan fingerprint density at radius 3 is 2.28 bits per heavy atom. The number of ether oxygens (including phenoxy) is 2. The third-order valence-corrected chi connectivity index (χ3v) is 8.13. The molecule has 0 N–H and O–H groups in total. The summed E-state index contributed by atoms with van der Waals surface area (Å²) in [7, 11) is 1.60. The molecule has 2 aromatic carbocycles. The number of esters is 1. The number of piperazine rings is 1. The lowest BCUT2D eigenvalue weighted by molar-refractivity contribution is -0.145. The number of carbonyl (C=O) groups is 3. The molecule has 2 amide bonds. The minimum absolute atomic E-state index is 0.0267. The van der Waals surface area contributed by atoms with Crippen LogP contribution in [0.25, 0.3) is 0 Å². The summed E-state index contributed by atoms with van der Waals surface area (Å²) in [5.41, 5.74) is 2.66. The summed E-state index contributed by atoms with van der Waals surface area (Å²) in [4.78, 5) is 46.4. The van der Waals surface area contributed by atoms with Crippen LogP contribution in [0.5, 0.6) is 5.75 Å². The first-order chi connectivity index (χ1) is 19.0. The van der Waals surface area contributed by atoms with E-state index >= 15 is 0 Å². The topological polar surface area (TPSA) is 79.4 Å². The van der Waals surface area contributed by atoms with Crippen LogP contribution in [0, 0.1) is 5.92 Å². The molecular weight excluding hydrogens is 494 g/mol. The zero-order valence-corrected chi connectivity index (χ0v) is 22.8. The Kier molecular flexibility index (Phi) is 8.19. The van der Waals surface area contributed by atoms with Crippen LogP contribution in [-0.2, 0) is 20.9 Å². The summed E-state index contributed by atoms with van der Waals surface area (Å²) < 4.78 is 10.7. The normalized spacial score (nSPS) is 21.5. The Balaban J connectivity index is 1.41. The summed E-state index contributed by atoms with van der Waals surface area (Å²) in [5.74, 6) is -0.0340. The Bertz CT molecular complexity index is 1220. The predicted octanol–water partition coefficient (Wildman–Crippen LogP) is 3.87. The lowest BCUT2D eigenvalue weighted by Crippen LogP contribution is -2.57. The second-order valence-electron chi connectivity index (χ2n) is 10.4. The molecule has 0 aromatic heterocycles. The van der Waals surface area contributed by atoms with Crippen molar-refractivity contribution in [3.05, 3.63) is 77.0 Å². The number of fused-ring (bicyclic) bond motifs is 1. The van der Waals surface area contributed by atoms with Crippen LogP contribution in [0.4, 0.5) is 0 Å². The maximum atomic E-state index is 14.0. The average Bonchev–Trinajstić information content (AvgIpc) is 2.98. The number of rotatable bonds is 7.